The van der Waals surface area contributed by atoms with Crippen LogP contribution in [-0.2, 0) is 19.1 Å². The molecule has 1 fully saturated rings. The summed E-state index contributed by atoms with van der Waals surface area (Å²) in [7, 11) is 0. The van der Waals surface area contributed by atoms with Crippen LogP contribution >= 0.6 is 0 Å². The first-order valence-corrected chi connectivity index (χ1v) is 7.29. The topological polar surface area (TPSA) is 63.7 Å². The van der Waals surface area contributed by atoms with Crippen molar-refractivity contribution in [2.75, 3.05) is 19.7 Å². The van der Waals surface area contributed by atoms with Crippen molar-refractivity contribution in [3.05, 3.63) is 0 Å². The van der Waals surface area contributed by atoms with E-state index in [2.05, 4.69) is 13.8 Å². The number of Topliss-reactive ketones (excluding diaryl/α,β-unsaturated/α-hetero) is 1. The lowest BCUT2D eigenvalue weighted by atomic mass is 9.85. The van der Waals surface area contributed by atoms with Gasteiger partial charge in [0.2, 0.25) is 5.91 Å². The van der Waals surface area contributed by atoms with Crippen LogP contribution in [0.2, 0.25) is 0 Å². The van der Waals surface area contributed by atoms with Crippen molar-refractivity contribution >= 4 is 17.7 Å². The highest BCUT2D eigenvalue weighted by Crippen LogP contribution is 2.30. The SMILES string of the molecule is CCOC(=O)CCC(=O)CN1CCC(C)(C)CCC1=O. The minimum Gasteiger partial charge on any atom is -0.466 e. The monoisotopic (exact) mass is 283 g/mol. The van der Waals surface area contributed by atoms with Gasteiger partial charge in [-0.1, -0.05) is 13.8 Å². The summed E-state index contributed by atoms with van der Waals surface area (Å²) in [6.07, 6.45) is 2.51. The van der Waals surface area contributed by atoms with Crippen LogP contribution in [0.25, 0.3) is 0 Å². The summed E-state index contributed by atoms with van der Waals surface area (Å²) in [6.45, 7) is 7.09. The van der Waals surface area contributed by atoms with E-state index in [1.54, 1.807) is 11.8 Å². The minimum atomic E-state index is -0.357. The van der Waals surface area contributed by atoms with Crippen LogP contribution in [-0.4, -0.2) is 42.3 Å². The van der Waals surface area contributed by atoms with E-state index in [0.29, 0.717) is 19.6 Å². The molecule has 1 amide bonds. The molecule has 20 heavy (non-hydrogen) atoms. The third kappa shape index (κ3) is 5.72. The molecule has 0 saturated carbocycles. The predicted molar refractivity (Wildman–Crippen MR) is 75.1 cm³/mol. The van der Waals surface area contributed by atoms with E-state index in [1.165, 1.54) is 0 Å². The molecule has 5 heteroatoms. The third-order valence-corrected chi connectivity index (χ3v) is 3.71. The molecule has 1 aliphatic heterocycles. The lowest BCUT2D eigenvalue weighted by Crippen LogP contribution is -2.35. The van der Waals surface area contributed by atoms with Crippen molar-refractivity contribution in [1.29, 1.82) is 0 Å². The fraction of sp³-hybridized carbons (Fsp3) is 0.800. The lowest BCUT2D eigenvalue weighted by Gasteiger charge is -2.23. The summed E-state index contributed by atoms with van der Waals surface area (Å²) in [6, 6.07) is 0. The fourth-order valence-corrected chi connectivity index (χ4v) is 2.22. The molecule has 0 aromatic carbocycles. The number of carbonyl (C=O) groups excluding carboxylic acids is 3. The first kappa shape index (κ1) is 16.7. The first-order chi connectivity index (χ1) is 9.34. The maximum absolute atomic E-state index is 12.0. The highest BCUT2D eigenvalue weighted by atomic mass is 16.5. The Morgan fingerprint density at radius 3 is 2.60 bits per heavy atom. The normalized spacial score (nSPS) is 18.6. The zero-order valence-electron chi connectivity index (χ0n) is 12.7. The van der Waals surface area contributed by atoms with E-state index in [0.717, 1.165) is 12.8 Å². The number of likely N-dealkylation sites (tertiary alicyclic amines) is 1. The van der Waals surface area contributed by atoms with Crippen LogP contribution in [0.15, 0.2) is 0 Å². The second-order valence-electron chi connectivity index (χ2n) is 6.07. The molecule has 0 N–H and O–H groups in total. The number of esters is 1. The molecule has 0 aromatic heterocycles. The fourth-order valence-electron chi connectivity index (χ4n) is 2.22. The Hall–Kier alpha value is -1.39. The van der Waals surface area contributed by atoms with Crippen LogP contribution in [0, 0.1) is 5.41 Å². The standard InChI is InChI=1S/C15H25NO4/c1-4-20-14(19)6-5-12(17)11-16-10-9-15(2,3)8-7-13(16)18/h4-11H2,1-3H3. The maximum atomic E-state index is 12.0. The van der Waals surface area contributed by atoms with Gasteiger partial charge < -0.3 is 9.64 Å². The molecular formula is C15H25NO4. The van der Waals surface area contributed by atoms with Gasteiger partial charge in [0.1, 0.15) is 0 Å². The van der Waals surface area contributed by atoms with E-state index >= 15 is 0 Å². The minimum absolute atomic E-state index is 0.0417. The van der Waals surface area contributed by atoms with Gasteiger partial charge in [-0.3, -0.25) is 14.4 Å². The van der Waals surface area contributed by atoms with E-state index in [1.807, 2.05) is 0 Å². The molecule has 114 valence electrons. The second kappa shape index (κ2) is 7.41. The third-order valence-electron chi connectivity index (χ3n) is 3.71. The van der Waals surface area contributed by atoms with Crippen molar-refractivity contribution in [2.45, 2.75) is 52.9 Å². The Kier molecular flexibility index (Phi) is 6.17. The zero-order valence-corrected chi connectivity index (χ0v) is 12.7. The molecule has 0 aromatic rings. The quantitative estimate of drug-likeness (QED) is 0.699. The van der Waals surface area contributed by atoms with Crippen molar-refractivity contribution in [1.82, 2.24) is 4.90 Å². The van der Waals surface area contributed by atoms with E-state index in [4.69, 9.17) is 4.74 Å². The summed E-state index contributed by atoms with van der Waals surface area (Å²) in [5.74, 6) is -0.393. The van der Waals surface area contributed by atoms with Gasteiger partial charge >= 0.3 is 5.97 Å². The average molecular weight is 283 g/mol. The van der Waals surface area contributed by atoms with Gasteiger partial charge in [0.15, 0.2) is 5.78 Å². The molecule has 0 bridgehead atoms. The number of amides is 1. The summed E-state index contributed by atoms with van der Waals surface area (Å²) >= 11 is 0. The highest BCUT2D eigenvalue weighted by Gasteiger charge is 2.28. The molecule has 5 nitrogen and oxygen atoms in total. The lowest BCUT2D eigenvalue weighted by molar-refractivity contribution is -0.144. The van der Waals surface area contributed by atoms with Gasteiger partial charge in [0.05, 0.1) is 19.6 Å². The van der Waals surface area contributed by atoms with Crippen molar-refractivity contribution in [3.63, 3.8) is 0 Å². The zero-order chi connectivity index (χ0) is 15.2. The van der Waals surface area contributed by atoms with Crippen LogP contribution in [0.5, 0.6) is 0 Å². The first-order valence-electron chi connectivity index (χ1n) is 7.29. The van der Waals surface area contributed by atoms with E-state index < -0.39 is 0 Å². The number of nitrogens with zero attached hydrogens (tertiary/aromatic N) is 1. The molecule has 0 radical (unpaired) electrons. The summed E-state index contributed by atoms with van der Waals surface area (Å²) in [5, 5.41) is 0. The summed E-state index contributed by atoms with van der Waals surface area (Å²) < 4.78 is 4.78. The summed E-state index contributed by atoms with van der Waals surface area (Å²) in [5.41, 5.74) is 0.151. The Bertz CT molecular complexity index is 376. The maximum Gasteiger partial charge on any atom is 0.306 e. The van der Waals surface area contributed by atoms with Gasteiger partial charge in [0, 0.05) is 19.4 Å². The number of rotatable bonds is 6. The van der Waals surface area contributed by atoms with Gasteiger partial charge in [0.25, 0.3) is 0 Å². The molecule has 1 aliphatic rings. The number of hydrogen-bond acceptors (Lipinski definition) is 4. The number of ether oxygens (including phenoxy) is 1. The van der Waals surface area contributed by atoms with E-state index in [-0.39, 0.29) is 42.5 Å². The Balaban J connectivity index is 2.40. The molecule has 0 unspecified atom stereocenters. The van der Waals surface area contributed by atoms with Crippen molar-refractivity contribution in [3.8, 4) is 0 Å². The molecule has 1 heterocycles. The van der Waals surface area contributed by atoms with Crippen LogP contribution < -0.4 is 0 Å². The second-order valence-corrected chi connectivity index (χ2v) is 6.07. The molecule has 0 aliphatic carbocycles. The van der Waals surface area contributed by atoms with Gasteiger partial charge in [-0.15, -0.1) is 0 Å². The molecule has 0 atom stereocenters. The Morgan fingerprint density at radius 1 is 1.25 bits per heavy atom. The van der Waals surface area contributed by atoms with Crippen LogP contribution in [0.3, 0.4) is 0 Å². The molecule has 0 spiro atoms. The van der Waals surface area contributed by atoms with Gasteiger partial charge in [-0.2, -0.15) is 0 Å². The van der Waals surface area contributed by atoms with Crippen molar-refractivity contribution in [2.24, 2.45) is 5.41 Å². The Labute approximate surface area is 120 Å². The summed E-state index contributed by atoms with van der Waals surface area (Å²) in [4.78, 5) is 36.6. The number of ketones is 1. The van der Waals surface area contributed by atoms with Gasteiger partial charge in [-0.25, -0.2) is 0 Å². The van der Waals surface area contributed by atoms with Crippen molar-refractivity contribution < 1.29 is 19.1 Å². The number of carbonyl (C=O) groups is 3. The van der Waals surface area contributed by atoms with E-state index in [9.17, 15) is 14.4 Å². The predicted octanol–water partition coefficient (Wildman–Crippen LogP) is 1.94. The Morgan fingerprint density at radius 2 is 1.95 bits per heavy atom. The molecule has 1 rings (SSSR count). The average Bonchev–Trinajstić information content (AvgIpc) is 2.50. The van der Waals surface area contributed by atoms with Crippen LogP contribution in [0.1, 0.15) is 52.9 Å². The molecule has 1 saturated heterocycles. The van der Waals surface area contributed by atoms with Crippen LogP contribution in [0.4, 0.5) is 0 Å². The smallest absolute Gasteiger partial charge is 0.306 e. The number of hydrogen-bond donors (Lipinski definition) is 0. The highest BCUT2D eigenvalue weighted by molar-refractivity contribution is 5.88. The molecular weight excluding hydrogens is 258 g/mol. The largest absolute Gasteiger partial charge is 0.466 e. The van der Waals surface area contributed by atoms with Gasteiger partial charge in [-0.05, 0) is 25.2 Å².